The van der Waals surface area contributed by atoms with Gasteiger partial charge in [0.2, 0.25) is 5.91 Å². The monoisotopic (exact) mass is 269 g/mol. The zero-order valence-electron chi connectivity index (χ0n) is 11.9. The van der Waals surface area contributed by atoms with Crippen LogP contribution in [0.2, 0.25) is 0 Å². The molecule has 0 aromatic rings. The first kappa shape index (κ1) is 14.8. The lowest BCUT2D eigenvalue weighted by atomic mass is 9.86. The highest BCUT2D eigenvalue weighted by Gasteiger charge is 2.26. The van der Waals surface area contributed by atoms with Crippen LogP contribution in [0.4, 0.5) is 0 Å². The number of aliphatic hydroxyl groups excluding tert-OH is 1. The molecule has 1 amide bonds. The van der Waals surface area contributed by atoms with Gasteiger partial charge < -0.3 is 14.7 Å². The zero-order valence-corrected chi connectivity index (χ0v) is 11.9. The van der Waals surface area contributed by atoms with Crippen LogP contribution in [0, 0.1) is 5.92 Å². The van der Waals surface area contributed by atoms with Crippen LogP contribution < -0.4 is 0 Å². The van der Waals surface area contributed by atoms with E-state index in [1.54, 1.807) is 0 Å². The van der Waals surface area contributed by atoms with E-state index in [0.717, 1.165) is 12.3 Å². The normalized spacial score (nSPS) is 25.5. The van der Waals surface area contributed by atoms with Gasteiger partial charge in [0.15, 0.2) is 0 Å². The summed E-state index contributed by atoms with van der Waals surface area (Å²) < 4.78 is 5.30. The molecular weight excluding hydrogens is 242 g/mol. The van der Waals surface area contributed by atoms with Crippen LogP contribution in [0.1, 0.15) is 51.4 Å². The van der Waals surface area contributed by atoms with Gasteiger partial charge >= 0.3 is 0 Å². The van der Waals surface area contributed by atoms with Gasteiger partial charge in [0.1, 0.15) is 0 Å². The molecule has 0 spiro atoms. The van der Waals surface area contributed by atoms with Gasteiger partial charge in [0, 0.05) is 13.0 Å². The number of nitrogens with zero attached hydrogens (tertiary/aromatic N) is 1. The molecule has 1 unspecified atom stereocenters. The summed E-state index contributed by atoms with van der Waals surface area (Å²) in [6.45, 7) is 1.72. The van der Waals surface area contributed by atoms with E-state index in [4.69, 9.17) is 4.74 Å². The summed E-state index contributed by atoms with van der Waals surface area (Å²) in [4.78, 5) is 14.0. The Balaban J connectivity index is 1.67. The molecule has 0 aromatic carbocycles. The molecule has 1 N–H and O–H groups in total. The topological polar surface area (TPSA) is 49.8 Å². The van der Waals surface area contributed by atoms with Crippen molar-refractivity contribution in [2.24, 2.45) is 5.92 Å². The summed E-state index contributed by atoms with van der Waals surface area (Å²) in [7, 11) is 0. The lowest BCUT2D eigenvalue weighted by Gasteiger charge is -2.34. The van der Waals surface area contributed by atoms with E-state index in [2.05, 4.69) is 0 Å². The second-order valence-corrected chi connectivity index (χ2v) is 5.89. The SMILES string of the molecule is O=C(CCCC1CCCCC1)N1CCOCC1CO. The van der Waals surface area contributed by atoms with Crippen molar-refractivity contribution in [1.82, 2.24) is 4.90 Å². The van der Waals surface area contributed by atoms with Gasteiger partial charge in [-0.2, -0.15) is 0 Å². The van der Waals surface area contributed by atoms with Gasteiger partial charge in [0.25, 0.3) is 0 Å². The summed E-state index contributed by atoms with van der Waals surface area (Å²) >= 11 is 0. The molecule has 1 saturated heterocycles. The lowest BCUT2D eigenvalue weighted by molar-refractivity contribution is -0.141. The van der Waals surface area contributed by atoms with Gasteiger partial charge in [-0.05, 0) is 18.8 Å². The van der Waals surface area contributed by atoms with Crippen molar-refractivity contribution in [2.45, 2.75) is 57.4 Å². The first-order valence-electron chi connectivity index (χ1n) is 7.79. The molecule has 19 heavy (non-hydrogen) atoms. The number of hydrogen-bond acceptors (Lipinski definition) is 3. The van der Waals surface area contributed by atoms with Crippen LogP contribution in [0.15, 0.2) is 0 Å². The molecular formula is C15H27NO3. The number of carbonyl (C=O) groups excluding carboxylic acids is 1. The molecule has 1 aliphatic carbocycles. The molecule has 1 saturated carbocycles. The standard InChI is InChI=1S/C15H27NO3/c17-11-14-12-19-10-9-16(14)15(18)8-4-7-13-5-2-1-3-6-13/h13-14,17H,1-12H2. The van der Waals surface area contributed by atoms with E-state index >= 15 is 0 Å². The van der Waals surface area contributed by atoms with Crippen LogP contribution in [0.25, 0.3) is 0 Å². The summed E-state index contributed by atoms with van der Waals surface area (Å²) in [6, 6.07) is -0.129. The van der Waals surface area contributed by atoms with Crippen molar-refractivity contribution in [2.75, 3.05) is 26.4 Å². The summed E-state index contributed by atoms with van der Waals surface area (Å²) in [5.41, 5.74) is 0. The first-order valence-corrected chi connectivity index (χ1v) is 7.79. The maximum atomic E-state index is 12.2. The Kier molecular flexibility index (Phi) is 6.11. The highest BCUT2D eigenvalue weighted by atomic mass is 16.5. The smallest absolute Gasteiger partial charge is 0.223 e. The maximum absolute atomic E-state index is 12.2. The van der Waals surface area contributed by atoms with Crippen LogP contribution in [-0.2, 0) is 9.53 Å². The van der Waals surface area contributed by atoms with Gasteiger partial charge in [-0.1, -0.05) is 32.1 Å². The average Bonchev–Trinajstić information content (AvgIpc) is 2.48. The number of hydrogen-bond donors (Lipinski definition) is 1. The minimum Gasteiger partial charge on any atom is -0.394 e. The second-order valence-electron chi connectivity index (χ2n) is 5.89. The van der Waals surface area contributed by atoms with Crippen LogP contribution in [0.3, 0.4) is 0 Å². The van der Waals surface area contributed by atoms with E-state index in [-0.39, 0.29) is 18.6 Å². The molecule has 0 aromatic heterocycles. The molecule has 4 nitrogen and oxygen atoms in total. The van der Waals surface area contributed by atoms with Crippen molar-refractivity contribution < 1.29 is 14.6 Å². The van der Waals surface area contributed by atoms with Crippen molar-refractivity contribution in [3.63, 3.8) is 0 Å². The predicted molar refractivity (Wildman–Crippen MR) is 73.8 cm³/mol. The average molecular weight is 269 g/mol. The Bertz CT molecular complexity index is 277. The van der Waals surface area contributed by atoms with Gasteiger partial charge in [-0.15, -0.1) is 0 Å². The molecule has 1 heterocycles. The number of rotatable bonds is 5. The first-order chi connectivity index (χ1) is 9.31. The van der Waals surface area contributed by atoms with Crippen LogP contribution in [-0.4, -0.2) is 48.3 Å². The lowest BCUT2D eigenvalue weighted by Crippen LogP contribution is -2.50. The fraction of sp³-hybridized carbons (Fsp3) is 0.933. The van der Waals surface area contributed by atoms with Crippen molar-refractivity contribution >= 4 is 5.91 Å². The zero-order chi connectivity index (χ0) is 13.5. The molecule has 0 radical (unpaired) electrons. The van der Waals surface area contributed by atoms with E-state index in [1.807, 2.05) is 4.90 Å². The van der Waals surface area contributed by atoms with Crippen LogP contribution >= 0.6 is 0 Å². The fourth-order valence-electron chi connectivity index (χ4n) is 3.30. The predicted octanol–water partition coefficient (Wildman–Crippen LogP) is 1.96. The molecule has 0 bridgehead atoms. The minimum absolute atomic E-state index is 0.00830. The molecule has 2 rings (SSSR count). The van der Waals surface area contributed by atoms with Crippen LogP contribution in [0.5, 0.6) is 0 Å². The number of ether oxygens (including phenoxy) is 1. The number of morpholine rings is 1. The summed E-state index contributed by atoms with van der Waals surface area (Å²) in [5, 5.41) is 9.27. The maximum Gasteiger partial charge on any atom is 0.223 e. The Labute approximate surface area is 116 Å². The number of carbonyl (C=O) groups is 1. The molecule has 4 heteroatoms. The Morgan fingerprint density at radius 3 is 2.79 bits per heavy atom. The van der Waals surface area contributed by atoms with Crippen molar-refractivity contribution in [3.8, 4) is 0 Å². The third-order valence-electron chi connectivity index (χ3n) is 4.49. The molecule has 1 atom stereocenters. The highest BCUT2D eigenvalue weighted by molar-refractivity contribution is 5.76. The minimum atomic E-state index is -0.129. The third-order valence-corrected chi connectivity index (χ3v) is 4.49. The van der Waals surface area contributed by atoms with E-state index in [9.17, 15) is 9.90 Å². The molecule has 1 aliphatic heterocycles. The Morgan fingerprint density at radius 1 is 1.26 bits per heavy atom. The van der Waals surface area contributed by atoms with Crippen molar-refractivity contribution in [1.29, 1.82) is 0 Å². The molecule has 2 aliphatic rings. The Morgan fingerprint density at radius 2 is 2.05 bits per heavy atom. The van der Waals surface area contributed by atoms with E-state index in [1.165, 1.54) is 38.5 Å². The van der Waals surface area contributed by atoms with Gasteiger partial charge in [0.05, 0.1) is 25.9 Å². The molecule has 2 fully saturated rings. The fourth-order valence-corrected chi connectivity index (χ4v) is 3.30. The van der Waals surface area contributed by atoms with E-state index < -0.39 is 0 Å². The number of aliphatic hydroxyl groups is 1. The van der Waals surface area contributed by atoms with Crippen molar-refractivity contribution in [3.05, 3.63) is 0 Å². The second kappa shape index (κ2) is 7.85. The molecule has 110 valence electrons. The van der Waals surface area contributed by atoms with Gasteiger partial charge in [-0.3, -0.25) is 4.79 Å². The highest BCUT2D eigenvalue weighted by Crippen LogP contribution is 2.27. The number of amides is 1. The Hall–Kier alpha value is -0.610. The summed E-state index contributed by atoms with van der Waals surface area (Å²) in [6.07, 6.45) is 9.66. The van der Waals surface area contributed by atoms with Gasteiger partial charge in [-0.25, -0.2) is 0 Å². The summed E-state index contributed by atoms with van der Waals surface area (Å²) in [5.74, 6) is 1.04. The van der Waals surface area contributed by atoms with E-state index in [0.29, 0.717) is 26.2 Å². The quantitative estimate of drug-likeness (QED) is 0.830. The largest absolute Gasteiger partial charge is 0.394 e. The third kappa shape index (κ3) is 4.46.